The highest BCUT2D eigenvalue weighted by Crippen LogP contribution is 2.54. The fourth-order valence-corrected chi connectivity index (χ4v) is 13.3. The summed E-state index contributed by atoms with van der Waals surface area (Å²) in [5.41, 5.74) is 28.1. The maximum atomic E-state index is 2.56. The summed E-state index contributed by atoms with van der Waals surface area (Å²) in [6.45, 7) is 31.8. The molecule has 0 amide bonds. The Morgan fingerprint density at radius 3 is 0.740 bits per heavy atom. The van der Waals surface area contributed by atoms with Crippen LogP contribution in [0.2, 0.25) is 0 Å². The average molecular weight is 997 g/mol. The number of fused-ring (bicyclic) bond motifs is 15. The third-order valence-corrected chi connectivity index (χ3v) is 18.8. The van der Waals surface area contributed by atoms with Crippen LogP contribution in [0.5, 0.6) is 0 Å². The molecular formula is C75H68N2. The second-order valence-electron chi connectivity index (χ2n) is 23.6. The number of nitrogens with zero attached hydrogens (tertiary/aromatic N) is 2. The Labute approximate surface area is 455 Å². The van der Waals surface area contributed by atoms with Gasteiger partial charge < -0.3 is 9.80 Å². The molecule has 1 aliphatic rings. The monoisotopic (exact) mass is 997 g/mol. The predicted octanol–water partition coefficient (Wildman–Crippen LogP) is 21.6. The van der Waals surface area contributed by atoms with Crippen molar-refractivity contribution >= 4 is 98.8 Å². The van der Waals surface area contributed by atoms with E-state index >= 15 is 0 Å². The molecular weight excluding hydrogens is 929 g/mol. The van der Waals surface area contributed by atoms with Gasteiger partial charge >= 0.3 is 0 Å². The van der Waals surface area contributed by atoms with Crippen LogP contribution in [0.1, 0.15) is 91.7 Å². The SMILES string of the molecule is Cc1cc(N(c2cc(C)c(C)c(C)c2)c2ccc3c(c2)c2ccccc2c2cc4c(cc32)C(C)(C)c2cc3c5ccc(N(c6cc(C)c(C)c(C)c6)c6cc(C)c(C)c(C)c6)cc5c5ccccc5c3cc2-4)cc(C)c1C. The number of aryl methyl sites for hydroxylation is 8. The zero-order valence-corrected chi connectivity index (χ0v) is 47.4. The topological polar surface area (TPSA) is 6.48 Å². The molecule has 0 fully saturated rings. The highest BCUT2D eigenvalue weighted by molar-refractivity contribution is 6.29. The molecule has 12 aromatic rings. The van der Waals surface area contributed by atoms with Gasteiger partial charge in [-0.05, 0) is 334 Å². The molecule has 0 aliphatic heterocycles. The quantitative estimate of drug-likeness (QED) is 0.153. The van der Waals surface area contributed by atoms with Gasteiger partial charge in [-0.25, -0.2) is 0 Å². The van der Waals surface area contributed by atoms with Gasteiger partial charge in [-0.3, -0.25) is 0 Å². The van der Waals surface area contributed by atoms with Gasteiger partial charge in [0.25, 0.3) is 0 Å². The average Bonchev–Trinajstić information content (AvgIpc) is 3.92. The van der Waals surface area contributed by atoms with Crippen molar-refractivity contribution in [2.75, 3.05) is 9.80 Å². The van der Waals surface area contributed by atoms with E-state index in [2.05, 4.69) is 264 Å². The number of hydrogen-bond acceptors (Lipinski definition) is 2. The summed E-state index contributed by atoms with van der Waals surface area (Å²) in [5, 5.41) is 15.4. The molecule has 0 N–H and O–H groups in total. The first-order chi connectivity index (χ1) is 36.9. The normalized spacial score (nSPS) is 12.9. The first-order valence-electron chi connectivity index (χ1n) is 27.7. The minimum absolute atomic E-state index is 0.249. The van der Waals surface area contributed by atoms with E-state index in [-0.39, 0.29) is 5.41 Å². The van der Waals surface area contributed by atoms with Crippen molar-refractivity contribution in [3.8, 4) is 11.1 Å². The second-order valence-corrected chi connectivity index (χ2v) is 23.6. The van der Waals surface area contributed by atoms with Crippen LogP contribution in [-0.2, 0) is 5.41 Å². The molecule has 0 saturated heterocycles. The first kappa shape index (κ1) is 48.4. The van der Waals surface area contributed by atoms with Crippen molar-refractivity contribution in [1.29, 1.82) is 0 Å². The van der Waals surface area contributed by atoms with E-state index in [4.69, 9.17) is 0 Å². The van der Waals surface area contributed by atoms with Gasteiger partial charge in [0, 0.05) is 39.5 Å². The fraction of sp³-hybridized carbons (Fsp3) is 0.200. The Bertz CT molecular complexity index is 4060. The van der Waals surface area contributed by atoms with Gasteiger partial charge in [0.1, 0.15) is 0 Å². The third kappa shape index (κ3) is 7.35. The van der Waals surface area contributed by atoms with Crippen molar-refractivity contribution in [3.63, 3.8) is 0 Å². The smallest absolute Gasteiger partial charge is 0.0468 e. The lowest BCUT2D eigenvalue weighted by Crippen LogP contribution is -2.15. The van der Waals surface area contributed by atoms with Crippen molar-refractivity contribution in [1.82, 2.24) is 0 Å². The summed E-state index contributed by atoms with van der Waals surface area (Å²) >= 11 is 0. The van der Waals surface area contributed by atoms with Crippen molar-refractivity contribution in [3.05, 3.63) is 236 Å². The minimum Gasteiger partial charge on any atom is -0.310 e. The van der Waals surface area contributed by atoms with Crippen LogP contribution in [0.15, 0.2) is 158 Å². The van der Waals surface area contributed by atoms with Crippen LogP contribution in [-0.4, -0.2) is 0 Å². The van der Waals surface area contributed by atoms with Crippen LogP contribution in [0.25, 0.3) is 75.8 Å². The molecule has 0 heterocycles. The van der Waals surface area contributed by atoms with Gasteiger partial charge in [-0.1, -0.05) is 74.5 Å². The van der Waals surface area contributed by atoms with Crippen LogP contribution < -0.4 is 9.80 Å². The molecule has 0 aromatic heterocycles. The minimum atomic E-state index is -0.249. The van der Waals surface area contributed by atoms with Gasteiger partial charge in [-0.2, -0.15) is 0 Å². The van der Waals surface area contributed by atoms with Gasteiger partial charge in [0.2, 0.25) is 0 Å². The molecule has 77 heavy (non-hydrogen) atoms. The molecule has 0 unspecified atom stereocenters. The lowest BCUT2D eigenvalue weighted by molar-refractivity contribution is 0.662. The van der Waals surface area contributed by atoms with Crippen molar-refractivity contribution < 1.29 is 0 Å². The molecule has 12 aromatic carbocycles. The molecule has 0 saturated carbocycles. The molecule has 378 valence electrons. The second kappa shape index (κ2) is 17.4. The van der Waals surface area contributed by atoms with Crippen LogP contribution in [0, 0.1) is 83.1 Å². The zero-order valence-electron chi connectivity index (χ0n) is 47.4. The van der Waals surface area contributed by atoms with E-state index < -0.39 is 0 Å². The third-order valence-electron chi connectivity index (χ3n) is 18.8. The Balaban J connectivity index is 1.01. The van der Waals surface area contributed by atoms with E-state index in [0.29, 0.717) is 0 Å². The Hall–Kier alpha value is -8.20. The molecule has 0 bridgehead atoms. The zero-order chi connectivity index (χ0) is 53.7. The lowest BCUT2D eigenvalue weighted by atomic mass is 9.80. The number of hydrogen-bond donors (Lipinski definition) is 0. The molecule has 0 radical (unpaired) electrons. The van der Waals surface area contributed by atoms with Gasteiger partial charge in [0.15, 0.2) is 0 Å². The lowest BCUT2D eigenvalue weighted by Gasteiger charge is -2.29. The Morgan fingerprint density at radius 1 is 0.234 bits per heavy atom. The molecule has 0 atom stereocenters. The highest BCUT2D eigenvalue weighted by atomic mass is 15.1. The maximum absolute atomic E-state index is 2.56. The molecule has 2 nitrogen and oxygen atoms in total. The van der Waals surface area contributed by atoms with E-state index in [1.165, 1.54) is 176 Å². The van der Waals surface area contributed by atoms with Crippen LogP contribution in [0.4, 0.5) is 34.1 Å². The summed E-state index contributed by atoms with van der Waals surface area (Å²) in [6, 6.07) is 61.7. The molecule has 2 heteroatoms. The van der Waals surface area contributed by atoms with E-state index in [0.717, 1.165) is 11.4 Å². The summed E-state index contributed by atoms with van der Waals surface area (Å²) in [6.07, 6.45) is 0. The largest absolute Gasteiger partial charge is 0.310 e. The summed E-state index contributed by atoms with van der Waals surface area (Å²) < 4.78 is 0. The standard InChI is InChI=1S/C75H68N2/c1-41-27-55(28-42(2)49(41)9)76(56-29-43(3)50(10)44(4)30-56)53-23-25-63-65(35-53)59-19-15-17-21-61(59)67-37-71-72-38-68-62-22-18-16-20-60(62)66-36-54(24-26-64(66)70(68)40-74(72)75(13,14)73(71)39-69(63)67)77(57-31-45(5)51(11)46(6)32-57)58-33-47(7)52(12)48(8)34-58/h15-40H,1-14H3. The molecule has 0 spiro atoms. The highest BCUT2D eigenvalue weighted by Gasteiger charge is 2.37. The van der Waals surface area contributed by atoms with Crippen LogP contribution >= 0.6 is 0 Å². The summed E-state index contributed by atoms with van der Waals surface area (Å²) in [5.74, 6) is 0. The predicted molar refractivity (Wildman–Crippen MR) is 335 cm³/mol. The maximum Gasteiger partial charge on any atom is 0.0468 e. The number of rotatable bonds is 6. The van der Waals surface area contributed by atoms with Gasteiger partial charge in [0.05, 0.1) is 0 Å². The van der Waals surface area contributed by atoms with E-state index in [1.807, 2.05) is 0 Å². The summed E-state index contributed by atoms with van der Waals surface area (Å²) in [4.78, 5) is 4.96. The molecule has 13 rings (SSSR count). The number of anilines is 6. The summed E-state index contributed by atoms with van der Waals surface area (Å²) in [7, 11) is 0. The number of benzene rings is 12. The Morgan fingerprint density at radius 2 is 0.468 bits per heavy atom. The Kier molecular flexibility index (Phi) is 11.0. The van der Waals surface area contributed by atoms with Crippen molar-refractivity contribution in [2.45, 2.75) is 102 Å². The first-order valence-corrected chi connectivity index (χ1v) is 27.7. The van der Waals surface area contributed by atoms with E-state index in [1.54, 1.807) is 0 Å². The van der Waals surface area contributed by atoms with Crippen LogP contribution in [0.3, 0.4) is 0 Å². The van der Waals surface area contributed by atoms with Gasteiger partial charge in [-0.15, -0.1) is 0 Å². The molecule has 1 aliphatic carbocycles. The van der Waals surface area contributed by atoms with E-state index in [9.17, 15) is 0 Å². The fourth-order valence-electron chi connectivity index (χ4n) is 13.3. The van der Waals surface area contributed by atoms with Crippen molar-refractivity contribution in [2.24, 2.45) is 0 Å².